The first-order valence-electron chi connectivity index (χ1n) is 8.11. The van der Waals surface area contributed by atoms with Crippen LogP contribution in [0.15, 0.2) is 24.3 Å². The van der Waals surface area contributed by atoms with Gasteiger partial charge in [0.2, 0.25) is 0 Å². The summed E-state index contributed by atoms with van der Waals surface area (Å²) in [5, 5.41) is 0. The number of piperidine rings is 1. The molecule has 2 aliphatic heterocycles. The number of nitrogens with zero attached hydrogens (tertiary/aromatic N) is 2. The summed E-state index contributed by atoms with van der Waals surface area (Å²) in [5.74, 6) is 0.905. The van der Waals surface area contributed by atoms with E-state index in [0.29, 0.717) is 6.54 Å². The Morgan fingerprint density at radius 2 is 1.80 bits per heavy atom. The Labute approximate surface area is 122 Å². The second kappa shape index (κ2) is 6.59. The summed E-state index contributed by atoms with van der Waals surface area (Å²) in [6.45, 7) is 7.03. The van der Waals surface area contributed by atoms with Gasteiger partial charge in [0.1, 0.15) is 0 Å². The standard InChI is InChI=1S/C17H27N3/c18-13-16-4-3-5-17(12-16)20-10-6-15(7-11-20)14-19-8-1-2-9-19/h3-5,12,15H,1-2,6-11,13-14,18H2. The summed E-state index contributed by atoms with van der Waals surface area (Å²) in [6, 6.07) is 8.72. The van der Waals surface area contributed by atoms with E-state index in [-0.39, 0.29) is 0 Å². The molecule has 0 bridgehead atoms. The van der Waals surface area contributed by atoms with Gasteiger partial charge in [-0.2, -0.15) is 0 Å². The largest absolute Gasteiger partial charge is 0.372 e. The lowest BCUT2D eigenvalue weighted by Gasteiger charge is -2.35. The fourth-order valence-corrected chi connectivity index (χ4v) is 3.58. The number of hydrogen-bond donors (Lipinski definition) is 1. The second-order valence-electron chi connectivity index (χ2n) is 6.31. The minimum atomic E-state index is 0.638. The molecule has 0 spiro atoms. The van der Waals surface area contributed by atoms with Gasteiger partial charge in [-0.05, 0) is 62.4 Å². The molecule has 0 atom stereocenters. The molecule has 2 saturated heterocycles. The van der Waals surface area contributed by atoms with E-state index in [0.717, 1.165) is 5.92 Å². The van der Waals surface area contributed by atoms with Crippen LogP contribution in [0.5, 0.6) is 0 Å². The SMILES string of the molecule is NCc1cccc(N2CCC(CN3CCCC3)CC2)c1. The number of nitrogens with two attached hydrogens (primary N) is 1. The van der Waals surface area contributed by atoms with Crippen molar-refractivity contribution >= 4 is 5.69 Å². The zero-order chi connectivity index (χ0) is 13.8. The topological polar surface area (TPSA) is 32.5 Å². The van der Waals surface area contributed by atoms with E-state index in [1.54, 1.807) is 0 Å². The van der Waals surface area contributed by atoms with Crippen molar-refractivity contribution in [2.24, 2.45) is 11.7 Å². The third-order valence-electron chi connectivity index (χ3n) is 4.84. The normalized spacial score (nSPS) is 21.6. The third-order valence-corrected chi connectivity index (χ3v) is 4.84. The van der Waals surface area contributed by atoms with Crippen molar-refractivity contribution in [3.63, 3.8) is 0 Å². The van der Waals surface area contributed by atoms with Crippen LogP contribution in [0.4, 0.5) is 5.69 Å². The van der Waals surface area contributed by atoms with Gasteiger partial charge in [0.05, 0.1) is 0 Å². The average Bonchev–Trinajstić information content (AvgIpc) is 3.01. The number of benzene rings is 1. The molecule has 0 radical (unpaired) electrons. The van der Waals surface area contributed by atoms with Crippen LogP contribution in [-0.2, 0) is 6.54 Å². The molecule has 3 rings (SSSR count). The Hall–Kier alpha value is -1.06. The first-order valence-corrected chi connectivity index (χ1v) is 8.11. The van der Waals surface area contributed by atoms with Gasteiger partial charge in [-0.15, -0.1) is 0 Å². The lowest BCUT2D eigenvalue weighted by atomic mass is 9.95. The molecule has 3 nitrogen and oxygen atoms in total. The van der Waals surface area contributed by atoms with Crippen molar-refractivity contribution in [1.82, 2.24) is 4.90 Å². The molecule has 1 aromatic carbocycles. The van der Waals surface area contributed by atoms with E-state index in [4.69, 9.17) is 5.73 Å². The maximum Gasteiger partial charge on any atom is 0.0369 e. The molecule has 0 amide bonds. The summed E-state index contributed by atoms with van der Waals surface area (Å²) in [6.07, 6.45) is 5.49. The molecule has 0 unspecified atom stereocenters. The van der Waals surface area contributed by atoms with Crippen molar-refractivity contribution < 1.29 is 0 Å². The van der Waals surface area contributed by atoms with Gasteiger partial charge < -0.3 is 15.5 Å². The Morgan fingerprint density at radius 3 is 2.50 bits per heavy atom. The van der Waals surface area contributed by atoms with Crippen LogP contribution in [0.1, 0.15) is 31.2 Å². The summed E-state index contributed by atoms with van der Waals surface area (Å²) in [5.41, 5.74) is 8.33. The maximum atomic E-state index is 5.74. The first kappa shape index (κ1) is 13.9. The van der Waals surface area contributed by atoms with Gasteiger partial charge in [0.25, 0.3) is 0 Å². The van der Waals surface area contributed by atoms with Crippen molar-refractivity contribution in [3.8, 4) is 0 Å². The Bertz CT molecular complexity index is 418. The monoisotopic (exact) mass is 273 g/mol. The molecule has 1 aromatic rings. The summed E-state index contributed by atoms with van der Waals surface area (Å²) in [4.78, 5) is 5.19. The minimum absolute atomic E-state index is 0.638. The van der Waals surface area contributed by atoms with Crippen molar-refractivity contribution in [3.05, 3.63) is 29.8 Å². The number of hydrogen-bond acceptors (Lipinski definition) is 3. The van der Waals surface area contributed by atoms with Crippen molar-refractivity contribution in [1.29, 1.82) is 0 Å². The molecule has 0 saturated carbocycles. The lowest BCUT2D eigenvalue weighted by molar-refractivity contribution is 0.249. The average molecular weight is 273 g/mol. The molecule has 20 heavy (non-hydrogen) atoms. The lowest BCUT2D eigenvalue weighted by Crippen LogP contribution is -2.38. The minimum Gasteiger partial charge on any atom is -0.372 e. The molecular formula is C17H27N3. The third kappa shape index (κ3) is 3.33. The molecule has 2 heterocycles. The molecule has 2 aliphatic rings. The van der Waals surface area contributed by atoms with Crippen LogP contribution in [0.25, 0.3) is 0 Å². The number of anilines is 1. The van der Waals surface area contributed by atoms with Gasteiger partial charge in [-0.1, -0.05) is 12.1 Å². The number of likely N-dealkylation sites (tertiary alicyclic amines) is 1. The van der Waals surface area contributed by atoms with Gasteiger partial charge in [-0.3, -0.25) is 0 Å². The van der Waals surface area contributed by atoms with Crippen molar-refractivity contribution in [2.75, 3.05) is 37.6 Å². The fraction of sp³-hybridized carbons (Fsp3) is 0.647. The van der Waals surface area contributed by atoms with Crippen LogP contribution in [-0.4, -0.2) is 37.6 Å². The first-order chi connectivity index (χ1) is 9.85. The van der Waals surface area contributed by atoms with Crippen molar-refractivity contribution in [2.45, 2.75) is 32.2 Å². The van der Waals surface area contributed by atoms with Crippen LogP contribution >= 0.6 is 0 Å². The fourth-order valence-electron chi connectivity index (χ4n) is 3.58. The highest BCUT2D eigenvalue weighted by atomic mass is 15.2. The number of rotatable bonds is 4. The second-order valence-corrected chi connectivity index (χ2v) is 6.31. The van der Waals surface area contributed by atoms with Crippen LogP contribution < -0.4 is 10.6 Å². The summed E-state index contributed by atoms with van der Waals surface area (Å²) >= 11 is 0. The Morgan fingerprint density at radius 1 is 1.05 bits per heavy atom. The van der Waals surface area contributed by atoms with E-state index in [9.17, 15) is 0 Å². The van der Waals surface area contributed by atoms with Crippen LogP contribution in [0.2, 0.25) is 0 Å². The van der Waals surface area contributed by atoms with Crippen LogP contribution in [0.3, 0.4) is 0 Å². The Kier molecular flexibility index (Phi) is 4.58. The summed E-state index contributed by atoms with van der Waals surface area (Å²) < 4.78 is 0. The molecule has 2 fully saturated rings. The van der Waals surface area contributed by atoms with Gasteiger partial charge in [-0.25, -0.2) is 0 Å². The zero-order valence-electron chi connectivity index (χ0n) is 12.4. The van der Waals surface area contributed by atoms with E-state index in [1.165, 1.54) is 69.7 Å². The smallest absolute Gasteiger partial charge is 0.0369 e. The predicted molar refractivity (Wildman–Crippen MR) is 84.9 cm³/mol. The van der Waals surface area contributed by atoms with Gasteiger partial charge in [0.15, 0.2) is 0 Å². The molecule has 0 aromatic heterocycles. The zero-order valence-corrected chi connectivity index (χ0v) is 12.4. The predicted octanol–water partition coefficient (Wildman–Crippen LogP) is 2.46. The quantitative estimate of drug-likeness (QED) is 0.914. The van der Waals surface area contributed by atoms with Crippen LogP contribution in [0, 0.1) is 5.92 Å². The highest BCUT2D eigenvalue weighted by Crippen LogP contribution is 2.25. The van der Waals surface area contributed by atoms with E-state index in [1.807, 2.05) is 0 Å². The molecule has 110 valence electrons. The maximum absolute atomic E-state index is 5.74. The Balaban J connectivity index is 1.52. The highest BCUT2D eigenvalue weighted by Gasteiger charge is 2.22. The van der Waals surface area contributed by atoms with E-state index < -0.39 is 0 Å². The highest BCUT2D eigenvalue weighted by molar-refractivity contribution is 5.48. The van der Waals surface area contributed by atoms with E-state index >= 15 is 0 Å². The molecule has 2 N–H and O–H groups in total. The van der Waals surface area contributed by atoms with E-state index in [2.05, 4.69) is 34.1 Å². The molecular weight excluding hydrogens is 246 g/mol. The van der Waals surface area contributed by atoms with Gasteiger partial charge >= 0.3 is 0 Å². The van der Waals surface area contributed by atoms with Gasteiger partial charge in [0, 0.05) is 31.9 Å². The molecule has 3 heteroatoms. The molecule has 0 aliphatic carbocycles. The summed E-state index contributed by atoms with van der Waals surface area (Å²) in [7, 11) is 0.